The Labute approximate surface area is 531 Å². The van der Waals surface area contributed by atoms with Gasteiger partial charge in [-0.3, -0.25) is 0 Å². The van der Waals surface area contributed by atoms with Gasteiger partial charge in [0.25, 0.3) is 0 Å². The molecule has 0 bridgehead atoms. The number of hydrogen-bond donors (Lipinski definition) is 0. The number of para-hydroxylation sites is 4. The van der Waals surface area contributed by atoms with E-state index in [0.29, 0.717) is 22.3 Å². The summed E-state index contributed by atoms with van der Waals surface area (Å²) in [5.41, 5.74) is 1.40. The van der Waals surface area contributed by atoms with Crippen LogP contribution in [0, 0.1) is 172 Å². The Bertz CT molecular complexity index is 2110. The van der Waals surface area contributed by atoms with Gasteiger partial charge in [0.15, 0.2) is 26.4 Å². The van der Waals surface area contributed by atoms with Crippen molar-refractivity contribution in [1.29, 1.82) is 0 Å². The Morgan fingerprint density at radius 3 is 0.600 bits per heavy atom. The Balaban J connectivity index is -0.000000148. The predicted octanol–water partition coefficient (Wildman–Crippen LogP) is 1.06. The first kappa shape index (κ1) is 88.7. The third-order valence-corrected chi connectivity index (χ3v) is 6.51. The molecule has 80 heavy (non-hydrogen) atoms. The van der Waals surface area contributed by atoms with E-state index < -0.39 is 30.5 Å². The molecule has 448 valence electrons. The maximum absolute atomic E-state index is 11.9. The number of oxime groups is 4. The Morgan fingerprint density at radius 1 is 0.338 bits per heavy atom. The zero-order chi connectivity index (χ0) is 59.0. The molecule has 0 spiro atoms. The topological polar surface area (TPSA) is 613 Å². The molecule has 0 aliphatic rings. The number of benzene rings is 4. The molecule has 4 rings (SSSR count). The molecule has 40 nitrogen and oxygen atoms in total. The molecule has 0 amide bonds. The van der Waals surface area contributed by atoms with Crippen LogP contribution >= 0.6 is 0 Å². The molecule has 4 aromatic rings. The van der Waals surface area contributed by atoms with Crippen LogP contribution in [0.4, 0.5) is 0 Å². The van der Waals surface area contributed by atoms with E-state index in [9.17, 15) is 20.4 Å². The van der Waals surface area contributed by atoms with E-state index >= 15 is 0 Å². The molecule has 4 aromatic carbocycles. The fourth-order valence-corrected chi connectivity index (χ4v) is 3.92. The number of methoxy groups -OCH3 is 4. The standard InChI is InChI=1S/2C18H20N2O6.2Cu.2Gd.6NO3/c2*1-23-15-7-3-5-13(17(15)21)11-19-25-9-10-26-20-12-14-6-4-8-16(24-2)18(14)22;;;;;6*2-1(3)4/h2*3-8,11-12,21-22H,9-10H2,1-2H3;;;;;;;;;;/q;;2*+2;2*+3;6*-1/p-4/b2*19-11+,20-12+;;;;;;;;;;. The monoisotopic (exact) mass is 1530 g/mol. The first-order chi connectivity index (χ1) is 35.7. The number of rotatable bonds is 18. The van der Waals surface area contributed by atoms with Gasteiger partial charge < -0.3 is 151 Å². The van der Waals surface area contributed by atoms with Crippen LogP contribution in [0.1, 0.15) is 22.3 Å². The van der Waals surface area contributed by atoms with Gasteiger partial charge in [0, 0.05) is 0 Å². The smallest absolute Gasteiger partial charge is 0.870 e. The summed E-state index contributed by atoms with van der Waals surface area (Å²) in [7, 11) is 5.70. The average Bonchev–Trinajstić information content (AvgIpc) is 3.32. The molecule has 0 unspecified atom stereocenters. The van der Waals surface area contributed by atoms with Gasteiger partial charge in [0.2, 0.25) is 0 Å². The van der Waals surface area contributed by atoms with Crippen molar-refractivity contribution in [3.8, 4) is 46.0 Å². The summed E-state index contributed by atoms with van der Waals surface area (Å²) < 4.78 is 19.7. The van der Waals surface area contributed by atoms with Crippen molar-refractivity contribution in [1.82, 2.24) is 0 Å². The van der Waals surface area contributed by atoms with Crippen molar-refractivity contribution in [3.63, 3.8) is 0 Å². The summed E-state index contributed by atoms with van der Waals surface area (Å²) >= 11 is 0. The number of nitrogens with zero attached hydrogens (tertiary/aromatic N) is 10. The molecular formula is C36H36Cu2Gd2N10O30. The van der Waals surface area contributed by atoms with Crippen LogP contribution in [0.5, 0.6) is 46.0 Å². The SMILES string of the molecule is COc1cccc(/C=N/OCCO/N=C/c2cccc(OC)c2[O-])c1[O-].COc1cccc(/C=N/OCCO/N=C/c2cccc(OC)c2[O-])c1[O-].O=[N+]([O-])[O-].O=[N+]([O-])[O-].O=[N+]([O-])[O-].O=[N+]([O-])[O-].O=[N+]([O-])[O-].O=[N+]([O-])[O-].[Cu+2].[Cu+2].[Gd+3].[Gd+3]. The second-order valence-corrected chi connectivity index (χ2v) is 11.1. The molecule has 44 heteroatoms. The first-order valence-electron chi connectivity index (χ1n) is 18.6. The minimum Gasteiger partial charge on any atom is -0.870 e. The number of ether oxygens (including phenoxy) is 4. The van der Waals surface area contributed by atoms with E-state index in [0.717, 1.165) is 0 Å². The molecule has 4 radical (unpaired) electrons. The van der Waals surface area contributed by atoms with E-state index in [2.05, 4.69) is 20.6 Å². The van der Waals surface area contributed by atoms with E-state index in [1.54, 1.807) is 72.8 Å². The fourth-order valence-electron chi connectivity index (χ4n) is 3.92. The molecule has 0 saturated carbocycles. The van der Waals surface area contributed by atoms with Crippen molar-refractivity contribution >= 4 is 24.9 Å². The Kier molecular flexibility index (Phi) is 63.4. The quantitative estimate of drug-likeness (QED) is 0.0442. The molecule has 0 heterocycles. The zero-order valence-electron chi connectivity index (χ0n) is 40.1. The van der Waals surface area contributed by atoms with Crippen molar-refractivity contribution in [2.24, 2.45) is 20.6 Å². The van der Waals surface area contributed by atoms with Crippen LogP contribution in [-0.4, -0.2) is 110 Å². The van der Waals surface area contributed by atoms with Gasteiger partial charge in [-0.2, -0.15) is 0 Å². The van der Waals surface area contributed by atoms with Gasteiger partial charge >= 0.3 is 114 Å². The average molecular weight is 1530 g/mol. The van der Waals surface area contributed by atoms with Crippen molar-refractivity contribution < 1.29 is 203 Å². The summed E-state index contributed by atoms with van der Waals surface area (Å²) in [5, 5.41) is 151. The zero-order valence-corrected chi connectivity index (χ0v) is 46.5. The van der Waals surface area contributed by atoms with E-state index in [4.69, 9.17) is 130 Å². The van der Waals surface area contributed by atoms with Crippen LogP contribution in [0.15, 0.2) is 93.4 Å². The van der Waals surface area contributed by atoms with Gasteiger partial charge in [-0.15, -0.1) is 0 Å². The van der Waals surface area contributed by atoms with Crippen LogP contribution in [0.25, 0.3) is 0 Å². The third-order valence-electron chi connectivity index (χ3n) is 6.51. The molecule has 0 saturated heterocycles. The predicted molar refractivity (Wildman–Crippen MR) is 246 cm³/mol. The van der Waals surface area contributed by atoms with Gasteiger partial charge in [-0.25, -0.2) is 0 Å². The van der Waals surface area contributed by atoms with Gasteiger partial charge in [-0.05, 0) is 46.5 Å². The maximum Gasteiger partial charge on any atom is 3.00 e. The molecule has 0 aliphatic carbocycles. The van der Waals surface area contributed by atoms with E-state index in [-0.39, 0.29) is 186 Å². The van der Waals surface area contributed by atoms with Crippen molar-refractivity contribution in [2.45, 2.75) is 0 Å². The molecule has 0 fully saturated rings. The third kappa shape index (κ3) is 54.8. The van der Waals surface area contributed by atoms with Crippen LogP contribution < -0.4 is 39.4 Å². The summed E-state index contributed by atoms with van der Waals surface area (Å²) in [5.74, 6) is -0.123. The van der Waals surface area contributed by atoms with E-state index in [1.807, 2.05) is 0 Å². The van der Waals surface area contributed by atoms with Crippen molar-refractivity contribution in [2.75, 3.05) is 54.9 Å². The summed E-state index contributed by atoms with van der Waals surface area (Å²) in [6, 6.07) is 19.4. The normalized spacial score (nSPS) is 8.95. The molecule has 0 atom stereocenters. The first-order valence-corrected chi connectivity index (χ1v) is 18.6. The van der Waals surface area contributed by atoms with Crippen LogP contribution in [-0.2, 0) is 53.5 Å². The minimum absolute atomic E-state index is 0. The van der Waals surface area contributed by atoms with Crippen molar-refractivity contribution in [3.05, 3.63) is 187 Å². The maximum atomic E-state index is 11.9. The molecular weight excluding hydrogens is 1490 g/mol. The molecule has 0 N–H and O–H groups in total. The number of hydrogen-bond acceptors (Lipinski definition) is 34. The van der Waals surface area contributed by atoms with Crippen LogP contribution in [0.3, 0.4) is 0 Å². The molecule has 0 aromatic heterocycles. The molecule has 0 aliphatic heterocycles. The largest absolute Gasteiger partial charge is 3.00 e. The summed E-state index contributed by atoms with van der Waals surface area (Å²) in [6.07, 6.45) is 5.20. The van der Waals surface area contributed by atoms with Gasteiger partial charge in [0.1, 0.15) is 23.0 Å². The summed E-state index contributed by atoms with van der Waals surface area (Å²) in [4.78, 5) is 69.5. The fraction of sp³-hybridized carbons (Fsp3) is 0.222. The minimum atomic E-state index is -1.75. The Morgan fingerprint density at radius 2 is 0.475 bits per heavy atom. The Hall–Kier alpha value is -7.95. The van der Waals surface area contributed by atoms with E-state index in [1.165, 1.54) is 53.3 Å². The second-order valence-electron chi connectivity index (χ2n) is 11.1. The van der Waals surface area contributed by atoms with Gasteiger partial charge in [0.05, 0.1) is 83.8 Å². The van der Waals surface area contributed by atoms with Gasteiger partial charge in [-0.1, -0.05) is 92.2 Å². The second kappa shape index (κ2) is 57.2. The summed E-state index contributed by atoms with van der Waals surface area (Å²) in [6.45, 7) is 0.478. The van der Waals surface area contributed by atoms with Crippen LogP contribution in [0.2, 0.25) is 0 Å².